The molecule has 0 radical (unpaired) electrons. The highest BCUT2D eigenvalue weighted by Crippen LogP contribution is 2.62. The molecule has 0 amide bonds. The van der Waals surface area contributed by atoms with Crippen LogP contribution in [0, 0.1) is 17.3 Å². The maximum absolute atomic E-state index is 12.8. The lowest BCUT2D eigenvalue weighted by Gasteiger charge is -2.50. The molecule has 3 aliphatic rings. The van der Waals surface area contributed by atoms with Crippen LogP contribution in [0.3, 0.4) is 0 Å². The number of carbonyl (C=O) groups is 1. The summed E-state index contributed by atoms with van der Waals surface area (Å²) < 4.78 is 5.96. The number of hydrogen-bond donors (Lipinski definition) is 2. The molecule has 1 aromatic rings. The van der Waals surface area contributed by atoms with Crippen molar-refractivity contribution in [3.63, 3.8) is 0 Å². The van der Waals surface area contributed by atoms with Crippen LogP contribution in [-0.2, 0) is 11.2 Å². The highest BCUT2D eigenvalue weighted by molar-refractivity contribution is 5.73. The van der Waals surface area contributed by atoms with Crippen LogP contribution < -0.4 is 4.74 Å². The summed E-state index contributed by atoms with van der Waals surface area (Å²) in [5.41, 5.74) is 2.32. The fourth-order valence-corrected chi connectivity index (χ4v) is 7.98. The van der Waals surface area contributed by atoms with E-state index in [0.29, 0.717) is 29.9 Å². The standard InChI is InChI=1S/C36H54O4/c1-3-4-5-6-7-8-9-10-11-12-13-14-15-16-17-18-34(39)40-32-26-28(37)25-27-19-20-29-30(35(27)32)23-24-36(2)31(29)21-22-33(36)38/h7-8,10-11,25-26,29-31,33,37-38H,3-6,9,12-24H2,1-2H3/b8-7-,11-10-/t29-,30+,31+,33-,36+/m1/s1. The third-order valence-electron chi connectivity index (χ3n) is 10.3. The molecule has 5 atom stereocenters. The maximum Gasteiger partial charge on any atom is 0.311 e. The number of hydrogen-bond acceptors (Lipinski definition) is 4. The van der Waals surface area contributed by atoms with Crippen LogP contribution in [0.4, 0.5) is 0 Å². The van der Waals surface area contributed by atoms with E-state index in [9.17, 15) is 15.0 Å². The van der Waals surface area contributed by atoms with E-state index in [2.05, 4.69) is 38.2 Å². The molecule has 0 aliphatic heterocycles. The molecule has 2 N–H and O–H groups in total. The van der Waals surface area contributed by atoms with E-state index in [0.717, 1.165) is 81.8 Å². The van der Waals surface area contributed by atoms with Crippen molar-refractivity contribution < 1.29 is 19.7 Å². The van der Waals surface area contributed by atoms with E-state index in [-0.39, 0.29) is 23.2 Å². The number of phenols is 1. The highest BCUT2D eigenvalue weighted by Gasteiger charge is 2.54. The Labute approximate surface area is 243 Å². The third kappa shape index (κ3) is 7.81. The number of carbonyl (C=O) groups excluding carboxylic acids is 1. The van der Waals surface area contributed by atoms with Crippen LogP contribution in [0.1, 0.15) is 140 Å². The van der Waals surface area contributed by atoms with Gasteiger partial charge in [-0.2, -0.15) is 0 Å². The summed E-state index contributed by atoms with van der Waals surface area (Å²) >= 11 is 0. The average molecular weight is 551 g/mol. The molecule has 40 heavy (non-hydrogen) atoms. The normalized spacial score (nSPS) is 27.6. The van der Waals surface area contributed by atoms with Gasteiger partial charge in [0.15, 0.2) is 0 Å². The van der Waals surface area contributed by atoms with Crippen molar-refractivity contribution in [3.8, 4) is 11.5 Å². The first-order valence-corrected chi connectivity index (χ1v) is 16.5. The molecule has 0 saturated heterocycles. The van der Waals surface area contributed by atoms with Gasteiger partial charge >= 0.3 is 5.97 Å². The number of benzene rings is 1. The van der Waals surface area contributed by atoms with Crippen LogP contribution in [0.2, 0.25) is 0 Å². The number of rotatable bonds is 15. The number of aryl methyl sites for hydroxylation is 1. The van der Waals surface area contributed by atoms with Gasteiger partial charge in [-0.05, 0) is 112 Å². The zero-order chi connectivity index (χ0) is 28.4. The van der Waals surface area contributed by atoms with E-state index in [4.69, 9.17) is 4.74 Å². The first kappa shape index (κ1) is 30.9. The minimum absolute atomic E-state index is 0.0214. The largest absolute Gasteiger partial charge is 0.508 e. The predicted octanol–water partition coefficient (Wildman–Crippen LogP) is 9.33. The first-order valence-electron chi connectivity index (χ1n) is 16.5. The van der Waals surface area contributed by atoms with Crippen molar-refractivity contribution in [3.05, 3.63) is 47.6 Å². The number of unbranched alkanes of at least 4 members (excludes halogenated alkanes) is 8. The second kappa shape index (κ2) is 15.2. The molecule has 0 spiro atoms. The Morgan fingerprint density at radius 1 is 0.950 bits per heavy atom. The van der Waals surface area contributed by atoms with Gasteiger partial charge < -0.3 is 14.9 Å². The molecule has 0 bridgehead atoms. The number of fused-ring (bicyclic) bond motifs is 5. The second-order valence-electron chi connectivity index (χ2n) is 13.0. The van der Waals surface area contributed by atoms with E-state index in [1.54, 1.807) is 6.07 Å². The van der Waals surface area contributed by atoms with E-state index in [1.165, 1.54) is 38.5 Å². The molecule has 4 rings (SSSR count). The topological polar surface area (TPSA) is 66.8 Å². The molecule has 0 aromatic heterocycles. The van der Waals surface area contributed by atoms with Crippen LogP contribution in [0.25, 0.3) is 0 Å². The summed E-state index contributed by atoms with van der Waals surface area (Å²) in [6.07, 6.45) is 28.2. The van der Waals surface area contributed by atoms with Crippen molar-refractivity contribution in [1.29, 1.82) is 0 Å². The Hall–Kier alpha value is -2.07. The van der Waals surface area contributed by atoms with Gasteiger partial charge in [-0.15, -0.1) is 0 Å². The fourth-order valence-electron chi connectivity index (χ4n) is 7.98. The summed E-state index contributed by atoms with van der Waals surface area (Å²) in [5.74, 6) is 1.99. The first-order chi connectivity index (χ1) is 19.4. The van der Waals surface area contributed by atoms with E-state index < -0.39 is 0 Å². The van der Waals surface area contributed by atoms with Crippen molar-refractivity contribution in [2.24, 2.45) is 17.3 Å². The van der Waals surface area contributed by atoms with Crippen molar-refractivity contribution >= 4 is 5.97 Å². The molecule has 3 aliphatic carbocycles. The lowest BCUT2D eigenvalue weighted by Crippen LogP contribution is -2.44. The van der Waals surface area contributed by atoms with Crippen LogP contribution in [0.15, 0.2) is 36.4 Å². The van der Waals surface area contributed by atoms with Gasteiger partial charge in [0.05, 0.1) is 6.10 Å². The number of aromatic hydroxyl groups is 1. The lowest BCUT2D eigenvalue weighted by atomic mass is 9.55. The molecule has 222 valence electrons. The smallest absolute Gasteiger partial charge is 0.311 e. The van der Waals surface area contributed by atoms with Crippen LogP contribution in [0.5, 0.6) is 11.5 Å². The summed E-state index contributed by atoms with van der Waals surface area (Å²) in [5, 5.41) is 21.1. The van der Waals surface area contributed by atoms with Gasteiger partial charge in [-0.1, -0.05) is 70.3 Å². The quantitative estimate of drug-likeness (QED) is 0.0988. The number of aliphatic hydroxyl groups excluding tert-OH is 1. The molecule has 4 heteroatoms. The number of allylic oxidation sites excluding steroid dienone is 4. The lowest BCUT2D eigenvalue weighted by molar-refractivity contribution is -0.134. The Morgan fingerprint density at radius 3 is 2.45 bits per heavy atom. The van der Waals surface area contributed by atoms with Gasteiger partial charge in [0.2, 0.25) is 0 Å². The second-order valence-corrected chi connectivity index (χ2v) is 13.0. The van der Waals surface area contributed by atoms with E-state index >= 15 is 0 Å². The van der Waals surface area contributed by atoms with Crippen molar-refractivity contribution in [2.75, 3.05) is 0 Å². The van der Waals surface area contributed by atoms with Crippen LogP contribution in [-0.4, -0.2) is 22.3 Å². The molecule has 0 heterocycles. The molecule has 4 nitrogen and oxygen atoms in total. The van der Waals surface area contributed by atoms with Crippen molar-refractivity contribution in [2.45, 2.75) is 141 Å². The molecule has 2 saturated carbocycles. The molecule has 1 aromatic carbocycles. The maximum atomic E-state index is 12.8. The minimum atomic E-state index is -0.194. The van der Waals surface area contributed by atoms with Crippen LogP contribution >= 0.6 is 0 Å². The van der Waals surface area contributed by atoms with Gasteiger partial charge in [0.1, 0.15) is 11.5 Å². The van der Waals surface area contributed by atoms with Crippen molar-refractivity contribution in [1.82, 2.24) is 0 Å². The average Bonchev–Trinajstić information content (AvgIpc) is 3.24. The zero-order valence-corrected chi connectivity index (χ0v) is 25.2. The highest BCUT2D eigenvalue weighted by atomic mass is 16.5. The van der Waals surface area contributed by atoms with Gasteiger partial charge in [-0.25, -0.2) is 0 Å². The van der Waals surface area contributed by atoms with Gasteiger partial charge in [0.25, 0.3) is 0 Å². The number of ether oxygens (including phenoxy) is 1. The number of esters is 1. The van der Waals surface area contributed by atoms with Gasteiger partial charge in [0, 0.05) is 18.1 Å². The summed E-state index contributed by atoms with van der Waals surface area (Å²) in [6.45, 7) is 4.52. The monoisotopic (exact) mass is 550 g/mol. The Bertz CT molecular complexity index is 1010. The number of aliphatic hydroxyl groups is 1. The Balaban J connectivity index is 1.17. The summed E-state index contributed by atoms with van der Waals surface area (Å²) in [7, 11) is 0. The summed E-state index contributed by atoms with van der Waals surface area (Å²) in [6, 6.07) is 3.53. The molecular weight excluding hydrogens is 496 g/mol. The predicted molar refractivity (Wildman–Crippen MR) is 164 cm³/mol. The molecule has 2 fully saturated rings. The Kier molecular flexibility index (Phi) is 11.8. The van der Waals surface area contributed by atoms with Gasteiger partial charge in [-0.3, -0.25) is 4.79 Å². The summed E-state index contributed by atoms with van der Waals surface area (Å²) in [4.78, 5) is 12.8. The number of phenolic OH excluding ortho intramolecular Hbond substituents is 1. The molecular formula is C36H54O4. The Morgan fingerprint density at radius 2 is 1.68 bits per heavy atom. The molecule has 0 unspecified atom stereocenters. The SMILES string of the molecule is CCCCC/C=C\C/C=C\CCCCCCCC(=O)Oc1cc(O)cc2c1[C@H]1CC[C@]3(C)[C@H](O)CC[C@H]3[C@@H]1CC2. The van der Waals surface area contributed by atoms with E-state index in [1.807, 2.05) is 6.07 Å². The zero-order valence-electron chi connectivity index (χ0n) is 25.2. The third-order valence-corrected chi connectivity index (χ3v) is 10.3. The minimum Gasteiger partial charge on any atom is -0.508 e. The fraction of sp³-hybridized carbons (Fsp3) is 0.694.